The normalized spacial score (nSPS) is 17.8. The molecule has 1 fully saturated rings. The standard InChI is InChI=1S/C16H21N3OS/c17-14(16(20)19-12-5-7-21-8-6-12)9-11-10-18-15-4-2-1-3-13(11)15/h1-4,10,12,14,18H,5-9,17H2,(H,19,20). The Morgan fingerprint density at radius 3 is 2.95 bits per heavy atom. The summed E-state index contributed by atoms with van der Waals surface area (Å²) in [5.41, 5.74) is 8.28. The number of benzene rings is 1. The van der Waals surface area contributed by atoms with Crippen LogP contribution in [-0.4, -0.2) is 34.5 Å². The van der Waals surface area contributed by atoms with E-state index >= 15 is 0 Å². The number of para-hydroxylation sites is 1. The Kier molecular flexibility index (Phi) is 4.51. The summed E-state index contributed by atoms with van der Waals surface area (Å²) in [5, 5.41) is 4.24. The molecule has 0 saturated carbocycles. The van der Waals surface area contributed by atoms with E-state index in [0.29, 0.717) is 12.5 Å². The quantitative estimate of drug-likeness (QED) is 0.809. The van der Waals surface area contributed by atoms with Crippen molar-refractivity contribution >= 4 is 28.6 Å². The Balaban J connectivity index is 1.62. The first kappa shape index (κ1) is 14.5. The minimum absolute atomic E-state index is 0.0304. The summed E-state index contributed by atoms with van der Waals surface area (Å²) in [6, 6.07) is 7.90. The predicted molar refractivity (Wildman–Crippen MR) is 88.5 cm³/mol. The van der Waals surface area contributed by atoms with Gasteiger partial charge >= 0.3 is 0 Å². The highest BCUT2D eigenvalue weighted by molar-refractivity contribution is 7.99. The topological polar surface area (TPSA) is 70.9 Å². The van der Waals surface area contributed by atoms with Gasteiger partial charge in [-0.3, -0.25) is 4.79 Å². The number of thioether (sulfide) groups is 1. The molecule has 112 valence electrons. The van der Waals surface area contributed by atoms with E-state index in [0.717, 1.165) is 40.8 Å². The molecule has 4 N–H and O–H groups in total. The van der Waals surface area contributed by atoms with Gasteiger partial charge in [-0.25, -0.2) is 0 Å². The molecule has 2 heterocycles. The van der Waals surface area contributed by atoms with E-state index in [4.69, 9.17) is 5.73 Å². The van der Waals surface area contributed by atoms with Crippen molar-refractivity contribution in [2.45, 2.75) is 31.3 Å². The van der Waals surface area contributed by atoms with Gasteiger partial charge in [0.25, 0.3) is 0 Å². The number of aromatic nitrogens is 1. The summed E-state index contributed by atoms with van der Waals surface area (Å²) in [5.74, 6) is 2.22. The van der Waals surface area contributed by atoms with Crippen molar-refractivity contribution in [3.8, 4) is 0 Å². The first-order valence-corrected chi connectivity index (χ1v) is 8.58. The van der Waals surface area contributed by atoms with Crippen LogP contribution in [0.2, 0.25) is 0 Å². The van der Waals surface area contributed by atoms with E-state index in [-0.39, 0.29) is 5.91 Å². The predicted octanol–water partition coefficient (Wildman–Crippen LogP) is 2.05. The summed E-state index contributed by atoms with van der Waals surface area (Å²) in [6.45, 7) is 0. The minimum Gasteiger partial charge on any atom is -0.361 e. The third kappa shape index (κ3) is 3.41. The van der Waals surface area contributed by atoms with Gasteiger partial charge in [0.2, 0.25) is 5.91 Å². The average Bonchev–Trinajstić information content (AvgIpc) is 2.91. The van der Waals surface area contributed by atoms with Crippen LogP contribution in [0, 0.1) is 0 Å². The van der Waals surface area contributed by atoms with Crippen LogP contribution in [0.5, 0.6) is 0 Å². The van der Waals surface area contributed by atoms with Gasteiger partial charge in [-0.2, -0.15) is 11.8 Å². The first-order valence-electron chi connectivity index (χ1n) is 7.43. The number of nitrogens with one attached hydrogen (secondary N) is 2. The molecular weight excluding hydrogens is 282 g/mol. The molecule has 3 rings (SSSR count). The zero-order chi connectivity index (χ0) is 14.7. The van der Waals surface area contributed by atoms with E-state index in [1.807, 2.05) is 36.2 Å². The Bertz CT molecular complexity index is 619. The number of H-pyrrole nitrogens is 1. The Morgan fingerprint density at radius 1 is 1.38 bits per heavy atom. The number of aromatic amines is 1. The van der Waals surface area contributed by atoms with Crippen molar-refractivity contribution in [3.63, 3.8) is 0 Å². The maximum absolute atomic E-state index is 12.2. The van der Waals surface area contributed by atoms with Crippen LogP contribution in [0.4, 0.5) is 0 Å². The van der Waals surface area contributed by atoms with E-state index in [9.17, 15) is 4.79 Å². The summed E-state index contributed by atoms with van der Waals surface area (Å²) in [4.78, 5) is 15.4. The molecule has 1 amide bonds. The van der Waals surface area contributed by atoms with Gasteiger partial charge in [-0.1, -0.05) is 18.2 Å². The zero-order valence-electron chi connectivity index (χ0n) is 12.0. The van der Waals surface area contributed by atoms with Gasteiger partial charge in [-0.05, 0) is 42.4 Å². The lowest BCUT2D eigenvalue weighted by Gasteiger charge is -2.24. The Morgan fingerprint density at radius 2 is 2.14 bits per heavy atom. The molecule has 0 bridgehead atoms. The van der Waals surface area contributed by atoms with Gasteiger partial charge in [0, 0.05) is 23.1 Å². The highest BCUT2D eigenvalue weighted by Crippen LogP contribution is 2.19. The number of amides is 1. The van der Waals surface area contributed by atoms with Crippen molar-refractivity contribution < 1.29 is 4.79 Å². The first-order chi connectivity index (χ1) is 10.2. The van der Waals surface area contributed by atoms with Crippen LogP contribution in [0.3, 0.4) is 0 Å². The highest BCUT2D eigenvalue weighted by atomic mass is 32.2. The number of carbonyl (C=O) groups is 1. The van der Waals surface area contributed by atoms with Gasteiger partial charge in [0.15, 0.2) is 0 Å². The molecule has 1 atom stereocenters. The summed E-state index contributed by atoms with van der Waals surface area (Å²) >= 11 is 1.95. The second kappa shape index (κ2) is 6.54. The number of hydrogen-bond donors (Lipinski definition) is 3. The van der Waals surface area contributed by atoms with E-state index in [2.05, 4.69) is 16.4 Å². The zero-order valence-corrected chi connectivity index (χ0v) is 12.8. The van der Waals surface area contributed by atoms with Crippen molar-refractivity contribution in [3.05, 3.63) is 36.0 Å². The highest BCUT2D eigenvalue weighted by Gasteiger charge is 2.21. The van der Waals surface area contributed by atoms with Crippen molar-refractivity contribution in [2.24, 2.45) is 5.73 Å². The molecule has 1 saturated heterocycles. The van der Waals surface area contributed by atoms with E-state index in [1.54, 1.807) is 0 Å². The second-order valence-electron chi connectivity index (χ2n) is 5.57. The third-order valence-electron chi connectivity index (χ3n) is 4.02. The maximum Gasteiger partial charge on any atom is 0.237 e. The number of carbonyl (C=O) groups excluding carboxylic acids is 1. The SMILES string of the molecule is NC(Cc1c[nH]c2ccccc12)C(=O)NC1CCSCC1. The Labute approximate surface area is 128 Å². The molecule has 0 aliphatic carbocycles. The van der Waals surface area contributed by atoms with Crippen LogP contribution in [0.1, 0.15) is 18.4 Å². The molecular formula is C16H21N3OS. The molecule has 1 aliphatic heterocycles. The third-order valence-corrected chi connectivity index (χ3v) is 5.07. The monoisotopic (exact) mass is 303 g/mol. The van der Waals surface area contributed by atoms with Gasteiger partial charge < -0.3 is 16.0 Å². The van der Waals surface area contributed by atoms with Crippen molar-refractivity contribution in [2.75, 3.05) is 11.5 Å². The molecule has 1 aromatic heterocycles. The molecule has 2 aromatic rings. The Hall–Kier alpha value is -1.46. The van der Waals surface area contributed by atoms with E-state index < -0.39 is 6.04 Å². The maximum atomic E-state index is 12.2. The fraction of sp³-hybridized carbons (Fsp3) is 0.438. The minimum atomic E-state index is -0.487. The number of nitrogens with two attached hydrogens (primary N) is 1. The van der Waals surface area contributed by atoms with Gasteiger partial charge in [0.1, 0.15) is 0 Å². The van der Waals surface area contributed by atoms with Crippen LogP contribution >= 0.6 is 11.8 Å². The lowest BCUT2D eigenvalue weighted by molar-refractivity contribution is -0.123. The molecule has 0 spiro atoms. The van der Waals surface area contributed by atoms with Crippen LogP contribution < -0.4 is 11.1 Å². The molecule has 1 aromatic carbocycles. The average molecular weight is 303 g/mol. The van der Waals surface area contributed by atoms with Crippen LogP contribution in [0.15, 0.2) is 30.5 Å². The largest absolute Gasteiger partial charge is 0.361 e. The lowest BCUT2D eigenvalue weighted by atomic mass is 10.0. The molecule has 21 heavy (non-hydrogen) atoms. The molecule has 1 aliphatic rings. The smallest absolute Gasteiger partial charge is 0.237 e. The van der Waals surface area contributed by atoms with Crippen LogP contribution in [0.25, 0.3) is 10.9 Å². The molecule has 1 unspecified atom stereocenters. The van der Waals surface area contributed by atoms with Crippen molar-refractivity contribution in [1.82, 2.24) is 10.3 Å². The number of rotatable bonds is 4. The molecule has 0 radical (unpaired) electrons. The van der Waals surface area contributed by atoms with Gasteiger partial charge in [-0.15, -0.1) is 0 Å². The van der Waals surface area contributed by atoms with Crippen molar-refractivity contribution in [1.29, 1.82) is 0 Å². The summed E-state index contributed by atoms with van der Waals surface area (Å²) in [6.07, 6.45) is 4.62. The second-order valence-corrected chi connectivity index (χ2v) is 6.79. The fourth-order valence-corrected chi connectivity index (χ4v) is 3.89. The number of hydrogen-bond acceptors (Lipinski definition) is 3. The molecule has 5 heteroatoms. The fourth-order valence-electron chi connectivity index (χ4n) is 2.78. The molecule has 4 nitrogen and oxygen atoms in total. The summed E-state index contributed by atoms with van der Waals surface area (Å²) in [7, 11) is 0. The number of fused-ring (bicyclic) bond motifs is 1. The van der Waals surface area contributed by atoms with Crippen LogP contribution in [-0.2, 0) is 11.2 Å². The van der Waals surface area contributed by atoms with E-state index in [1.165, 1.54) is 0 Å². The van der Waals surface area contributed by atoms with Gasteiger partial charge in [0.05, 0.1) is 6.04 Å². The summed E-state index contributed by atoms with van der Waals surface area (Å²) < 4.78 is 0. The lowest BCUT2D eigenvalue weighted by Crippen LogP contribution is -2.47.